The molecule has 0 atom stereocenters. The van der Waals surface area contributed by atoms with Crippen LogP contribution in [0.5, 0.6) is 11.5 Å². The number of amides is 1. The fourth-order valence-electron chi connectivity index (χ4n) is 4.04. The van der Waals surface area contributed by atoms with Gasteiger partial charge in [0.25, 0.3) is 12.3 Å². The van der Waals surface area contributed by atoms with Crippen molar-refractivity contribution in [2.75, 3.05) is 11.9 Å². The van der Waals surface area contributed by atoms with E-state index < -0.39 is 18.8 Å². The molecule has 9 heteroatoms. The van der Waals surface area contributed by atoms with Crippen molar-refractivity contribution in [3.05, 3.63) is 77.4 Å². The van der Waals surface area contributed by atoms with Crippen molar-refractivity contribution >= 4 is 17.2 Å². The minimum Gasteiger partial charge on any atom is -0.455 e. The first-order chi connectivity index (χ1) is 17.3. The molecule has 0 spiro atoms. The number of fused-ring (bicyclic) bond motifs is 1. The van der Waals surface area contributed by atoms with Gasteiger partial charge in [-0.3, -0.25) is 9.20 Å². The van der Waals surface area contributed by atoms with E-state index in [2.05, 4.69) is 15.6 Å². The quantitative estimate of drug-likeness (QED) is 0.310. The van der Waals surface area contributed by atoms with Crippen LogP contribution in [0.1, 0.15) is 34.3 Å². The molecule has 2 heterocycles. The van der Waals surface area contributed by atoms with Crippen LogP contribution >= 0.6 is 0 Å². The average molecular weight is 495 g/mol. The number of aromatic nitrogens is 2. The minimum atomic E-state index is -2.56. The van der Waals surface area contributed by atoms with Gasteiger partial charge in [-0.15, -0.1) is 0 Å². The Morgan fingerprint density at radius 3 is 2.72 bits per heavy atom. The SMILES string of the molecule is Cc1cc(-c2cnc3c(NCC(F)F)cc(Oc4cccc(F)c4C)cn23)ccc1C(=O)NC1CC1. The number of nitrogens with one attached hydrogen (secondary N) is 2. The Balaban J connectivity index is 1.55. The number of anilines is 1. The van der Waals surface area contributed by atoms with Gasteiger partial charge in [-0.2, -0.15) is 0 Å². The number of pyridine rings is 1. The predicted octanol–water partition coefficient (Wildman–Crippen LogP) is 6.12. The normalized spacial score (nSPS) is 13.3. The van der Waals surface area contributed by atoms with E-state index in [0.717, 1.165) is 24.0 Å². The molecule has 2 aromatic carbocycles. The second-order valence-corrected chi connectivity index (χ2v) is 8.94. The molecule has 186 valence electrons. The molecule has 2 aromatic heterocycles. The standard InChI is InChI=1S/C27H25F3N4O2/c1-15-10-17(6-9-20(15)27(35)33-18-7-8-18)23-12-32-26-22(31-13-25(29)30)11-19(14-34(23)26)36-24-5-3-4-21(28)16(24)2/h3-6,9-12,14,18,25,31H,7-8,13H2,1-2H3,(H,33,35). The number of carbonyl (C=O) groups is 1. The number of aryl methyl sites for hydroxylation is 1. The number of carbonyl (C=O) groups excluding carboxylic acids is 1. The summed E-state index contributed by atoms with van der Waals surface area (Å²) in [4.78, 5) is 17.0. The number of benzene rings is 2. The number of ether oxygens (including phenoxy) is 1. The van der Waals surface area contributed by atoms with E-state index in [-0.39, 0.29) is 11.9 Å². The van der Waals surface area contributed by atoms with Gasteiger partial charge in [0.05, 0.1) is 30.3 Å². The summed E-state index contributed by atoms with van der Waals surface area (Å²) in [5.41, 5.74) is 4.00. The molecule has 1 saturated carbocycles. The van der Waals surface area contributed by atoms with Crippen molar-refractivity contribution in [2.24, 2.45) is 0 Å². The smallest absolute Gasteiger partial charge is 0.255 e. The Labute approximate surface area is 206 Å². The van der Waals surface area contributed by atoms with Crippen LogP contribution in [0.25, 0.3) is 16.9 Å². The van der Waals surface area contributed by atoms with Crippen molar-refractivity contribution in [3.63, 3.8) is 0 Å². The first kappa shape index (κ1) is 23.7. The maximum atomic E-state index is 14.0. The van der Waals surface area contributed by atoms with Gasteiger partial charge in [0.1, 0.15) is 17.3 Å². The maximum Gasteiger partial charge on any atom is 0.255 e. The predicted molar refractivity (Wildman–Crippen MR) is 132 cm³/mol. The van der Waals surface area contributed by atoms with Crippen LogP contribution in [0.2, 0.25) is 0 Å². The first-order valence-electron chi connectivity index (χ1n) is 11.7. The summed E-state index contributed by atoms with van der Waals surface area (Å²) in [5, 5.41) is 5.72. The summed E-state index contributed by atoms with van der Waals surface area (Å²) in [6.45, 7) is 2.90. The molecule has 4 aromatic rings. The molecule has 1 aliphatic rings. The highest BCUT2D eigenvalue weighted by atomic mass is 19.3. The lowest BCUT2D eigenvalue weighted by atomic mass is 10.0. The van der Waals surface area contributed by atoms with E-state index in [4.69, 9.17) is 4.74 Å². The Morgan fingerprint density at radius 1 is 1.19 bits per heavy atom. The molecule has 1 fully saturated rings. The van der Waals surface area contributed by atoms with Gasteiger partial charge in [-0.1, -0.05) is 12.1 Å². The molecule has 0 unspecified atom stereocenters. The van der Waals surface area contributed by atoms with Crippen molar-refractivity contribution in [2.45, 2.75) is 39.2 Å². The summed E-state index contributed by atoms with van der Waals surface area (Å²) in [6.07, 6.45) is 2.77. The molecule has 36 heavy (non-hydrogen) atoms. The highest BCUT2D eigenvalue weighted by Gasteiger charge is 2.24. The molecule has 0 radical (unpaired) electrons. The number of hydrogen-bond acceptors (Lipinski definition) is 4. The second-order valence-electron chi connectivity index (χ2n) is 8.94. The number of hydrogen-bond donors (Lipinski definition) is 2. The van der Waals surface area contributed by atoms with Gasteiger partial charge in [0, 0.05) is 28.8 Å². The van der Waals surface area contributed by atoms with Gasteiger partial charge < -0.3 is 15.4 Å². The van der Waals surface area contributed by atoms with Crippen LogP contribution in [0.3, 0.4) is 0 Å². The van der Waals surface area contributed by atoms with Gasteiger partial charge in [0.15, 0.2) is 5.65 Å². The van der Waals surface area contributed by atoms with Crippen molar-refractivity contribution in [1.29, 1.82) is 0 Å². The topological polar surface area (TPSA) is 67.7 Å². The molecule has 0 bridgehead atoms. The third kappa shape index (κ3) is 4.86. The zero-order valence-corrected chi connectivity index (χ0v) is 19.8. The lowest BCUT2D eigenvalue weighted by molar-refractivity contribution is 0.0950. The van der Waals surface area contributed by atoms with Crippen LogP contribution in [-0.4, -0.2) is 34.3 Å². The van der Waals surface area contributed by atoms with E-state index in [9.17, 15) is 18.0 Å². The zero-order valence-electron chi connectivity index (χ0n) is 19.8. The van der Waals surface area contributed by atoms with Gasteiger partial charge >= 0.3 is 0 Å². The van der Waals surface area contributed by atoms with E-state index in [1.807, 2.05) is 19.1 Å². The molecule has 0 saturated heterocycles. The molecule has 6 nitrogen and oxygen atoms in total. The molecular formula is C27H25F3N4O2. The summed E-state index contributed by atoms with van der Waals surface area (Å²) in [6, 6.07) is 11.8. The van der Waals surface area contributed by atoms with E-state index in [1.54, 1.807) is 48.0 Å². The van der Waals surface area contributed by atoms with E-state index >= 15 is 0 Å². The largest absolute Gasteiger partial charge is 0.455 e. The summed E-state index contributed by atoms with van der Waals surface area (Å²) < 4.78 is 47.7. The number of rotatable bonds is 8. The first-order valence-corrected chi connectivity index (χ1v) is 11.7. The summed E-state index contributed by atoms with van der Waals surface area (Å²) >= 11 is 0. The number of halogens is 3. The molecular weight excluding hydrogens is 469 g/mol. The highest BCUT2D eigenvalue weighted by Crippen LogP contribution is 2.33. The third-order valence-corrected chi connectivity index (χ3v) is 6.15. The highest BCUT2D eigenvalue weighted by molar-refractivity contribution is 5.96. The Morgan fingerprint density at radius 2 is 2.00 bits per heavy atom. The maximum absolute atomic E-state index is 14.0. The molecule has 0 aliphatic heterocycles. The lowest BCUT2D eigenvalue weighted by Gasteiger charge is -2.14. The average Bonchev–Trinajstić information content (AvgIpc) is 3.55. The van der Waals surface area contributed by atoms with Gasteiger partial charge in [-0.25, -0.2) is 18.2 Å². The van der Waals surface area contributed by atoms with Crippen LogP contribution in [0.15, 0.2) is 54.9 Å². The Kier molecular flexibility index (Phi) is 6.30. The lowest BCUT2D eigenvalue weighted by Crippen LogP contribution is -2.26. The third-order valence-electron chi connectivity index (χ3n) is 6.15. The summed E-state index contributed by atoms with van der Waals surface area (Å²) in [5.74, 6) is 0.135. The molecule has 1 aliphatic carbocycles. The van der Waals surface area contributed by atoms with Crippen molar-refractivity contribution < 1.29 is 22.7 Å². The minimum absolute atomic E-state index is 0.0978. The summed E-state index contributed by atoms with van der Waals surface area (Å²) in [7, 11) is 0. The van der Waals surface area contributed by atoms with Crippen molar-refractivity contribution in [3.8, 4) is 22.8 Å². The van der Waals surface area contributed by atoms with Crippen molar-refractivity contribution in [1.82, 2.24) is 14.7 Å². The van der Waals surface area contributed by atoms with Crippen LogP contribution in [0.4, 0.5) is 18.9 Å². The van der Waals surface area contributed by atoms with E-state index in [1.165, 1.54) is 6.07 Å². The van der Waals surface area contributed by atoms with Crippen LogP contribution < -0.4 is 15.4 Å². The second kappa shape index (κ2) is 9.56. The fourth-order valence-corrected chi connectivity index (χ4v) is 4.04. The number of nitrogens with zero attached hydrogens (tertiary/aromatic N) is 2. The van der Waals surface area contributed by atoms with Gasteiger partial charge in [-0.05, 0) is 56.5 Å². The Bertz CT molecular complexity index is 1450. The van der Waals surface area contributed by atoms with Gasteiger partial charge in [0.2, 0.25) is 0 Å². The van der Waals surface area contributed by atoms with Crippen LogP contribution in [-0.2, 0) is 0 Å². The zero-order chi connectivity index (χ0) is 25.4. The monoisotopic (exact) mass is 494 g/mol. The van der Waals surface area contributed by atoms with Crippen LogP contribution in [0, 0.1) is 19.7 Å². The molecule has 5 rings (SSSR count). The molecule has 2 N–H and O–H groups in total. The fraction of sp³-hybridized carbons (Fsp3) is 0.259. The Hall–Kier alpha value is -4.01. The van der Waals surface area contributed by atoms with E-state index in [0.29, 0.717) is 39.7 Å². The number of imidazole rings is 1. The molecule has 1 amide bonds. The number of alkyl halides is 2.